The first-order valence-corrected chi connectivity index (χ1v) is 4.01. The zero-order chi connectivity index (χ0) is 7.82. The average molecular weight is 142 g/mol. The molecule has 0 spiro atoms. The normalized spacial score (nSPS) is 11.2. The van der Waals surface area contributed by atoms with Gasteiger partial charge in [0, 0.05) is 12.8 Å². The van der Waals surface area contributed by atoms with Crippen LogP contribution < -0.4 is 5.43 Å². The maximum absolute atomic E-state index is 3.99. The van der Waals surface area contributed by atoms with E-state index in [0.29, 0.717) is 0 Å². The number of rotatable bonds is 5. The molecule has 0 aromatic carbocycles. The molecule has 1 N–H and O–H groups in total. The molecular weight excluding hydrogens is 124 g/mol. The van der Waals surface area contributed by atoms with Crippen LogP contribution in [0, 0.1) is 5.92 Å². The van der Waals surface area contributed by atoms with Gasteiger partial charge in [0.2, 0.25) is 0 Å². The van der Waals surface area contributed by atoms with Gasteiger partial charge in [-0.1, -0.05) is 20.8 Å². The van der Waals surface area contributed by atoms with Crippen molar-refractivity contribution in [1.82, 2.24) is 5.43 Å². The van der Waals surface area contributed by atoms with Gasteiger partial charge < -0.3 is 5.43 Å². The summed E-state index contributed by atoms with van der Waals surface area (Å²) in [6, 6.07) is 0. The first-order valence-electron chi connectivity index (χ1n) is 4.01. The maximum Gasteiger partial charge on any atom is 0.0331 e. The van der Waals surface area contributed by atoms with Crippen LogP contribution >= 0.6 is 0 Å². The van der Waals surface area contributed by atoms with Gasteiger partial charge in [-0.25, -0.2) is 0 Å². The molecule has 2 heteroatoms. The lowest BCUT2D eigenvalue weighted by Gasteiger charge is -2.02. The van der Waals surface area contributed by atoms with Crippen LogP contribution in [0.1, 0.15) is 33.6 Å². The van der Waals surface area contributed by atoms with E-state index in [1.165, 1.54) is 6.42 Å². The third-order valence-electron chi connectivity index (χ3n) is 1.20. The molecule has 2 nitrogen and oxygen atoms in total. The molecule has 0 radical (unpaired) electrons. The van der Waals surface area contributed by atoms with Gasteiger partial charge in [-0.3, -0.25) is 0 Å². The highest BCUT2D eigenvalue weighted by molar-refractivity contribution is 5.55. The Morgan fingerprint density at radius 1 is 1.50 bits per heavy atom. The molecule has 0 saturated carbocycles. The Morgan fingerprint density at radius 3 is 2.70 bits per heavy atom. The molecule has 0 aliphatic rings. The number of hydrogen-bond donors (Lipinski definition) is 1. The lowest BCUT2D eigenvalue weighted by atomic mass is 10.1. The molecule has 0 atom stereocenters. The fourth-order valence-corrected chi connectivity index (χ4v) is 0.574. The van der Waals surface area contributed by atoms with E-state index < -0.39 is 0 Å². The summed E-state index contributed by atoms with van der Waals surface area (Å²) in [6.07, 6.45) is 4.09. The van der Waals surface area contributed by atoms with Crippen molar-refractivity contribution in [3.8, 4) is 0 Å². The third kappa shape index (κ3) is 7.47. The summed E-state index contributed by atoms with van der Waals surface area (Å²) < 4.78 is 0. The van der Waals surface area contributed by atoms with Crippen molar-refractivity contribution in [2.24, 2.45) is 11.0 Å². The Hall–Kier alpha value is -0.530. The molecule has 0 aliphatic heterocycles. The third-order valence-corrected chi connectivity index (χ3v) is 1.20. The Balaban J connectivity index is 2.97. The van der Waals surface area contributed by atoms with E-state index in [2.05, 4.69) is 31.3 Å². The van der Waals surface area contributed by atoms with Gasteiger partial charge in [0.05, 0.1) is 0 Å². The summed E-state index contributed by atoms with van der Waals surface area (Å²) >= 11 is 0. The molecule has 0 rings (SSSR count). The molecule has 0 fully saturated rings. The van der Waals surface area contributed by atoms with E-state index in [4.69, 9.17) is 0 Å². The lowest BCUT2D eigenvalue weighted by molar-refractivity contribution is 0.549. The van der Waals surface area contributed by atoms with E-state index in [1.54, 1.807) is 0 Å². The summed E-state index contributed by atoms with van der Waals surface area (Å²) in [5, 5.41) is 3.99. The number of hydrazone groups is 1. The minimum absolute atomic E-state index is 0.768. The van der Waals surface area contributed by atoms with Gasteiger partial charge in [-0.2, -0.15) is 5.10 Å². The standard InChI is InChI=1S/C8H18N2/c1-4-6-9-10-7-5-8(2)3/h6,8,10H,4-5,7H2,1-3H3/b9-6-. The van der Waals surface area contributed by atoms with Crippen molar-refractivity contribution in [2.75, 3.05) is 6.54 Å². The Kier molecular flexibility index (Phi) is 6.24. The molecule has 0 aromatic rings. The second kappa shape index (κ2) is 6.59. The SMILES string of the molecule is CC/C=N\NCCC(C)C. The van der Waals surface area contributed by atoms with Crippen LogP contribution in [-0.4, -0.2) is 12.8 Å². The fourth-order valence-electron chi connectivity index (χ4n) is 0.574. The molecule has 0 amide bonds. The summed E-state index contributed by atoms with van der Waals surface area (Å²) in [6.45, 7) is 7.50. The fraction of sp³-hybridized carbons (Fsp3) is 0.875. The predicted octanol–water partition coefficient (Wildman–Crippen LogP) is 2.02. The second-order valence-electron chi connectivity index (χ2n) is 2.81. The van der Waals surface area contributed by atoms with Gasteiger partial charge in [0.25, 0.3) is 0 Å². The number of nitrogens with zero attached hydrogens (tertiary/aromatic N) is 1. The van der Waals surface area contributed by atoms with Crippen LogP contribution in [0.25, 0.3) is 0 Å². The van der Waals surface area contributed by atoms with Gasteiger partial charge in [-0.15, -0.1) is 0 Å². The highest BCUT2D eigenvalue weighted by atomic mass is 15.3. The van der Waals surface area contributed by atoms with E-state index in [-0.39, 0.29) is 0 Å². The first kappa shape index (κ1) is 9.47. The molecule has 0 aromatic heterocycles. The summed E-state index contributed by atoms with van der Waals surface area (Å²) in [7, 11) is 0. The van der Waals surface area contributed by atoms with Crippen LogP contribution in [0.4, 0.5) is 0 Å². The molecule has 0 unspecified atom stereocenters. The van der Waals surface area contributed by atoms with Crippen LogP contribution in [0.3, 0.4) is 0 Å². The molecule has 10 heavy (non-hydrogen) atoms. The van der Waals surface area contributed by atoms with Gasteiger partial charge >= 0.3 is 0 Å². The van der Waals surface area contributed by atoms with Crippen molar-refractivity contribution in [2.45, 2.75) is 33.6 Å². The average Bonchev–Trinajstić information content (AvgIpc) is 1.87. The van der Waals surface area contributed by atoms with E-state index in [9.17, 15) is 0 Å². The Bertz CT molecular complexity index is 87.3. The number of hydrogen-bond acceptors (Lipinski definition) is 2. The summed E-state index contributed by atoms with van der Waals surface area (Å²) in [4.78, 5) is 0. The van der Waals surface area contributed by atoms with Crippen LogP contribution in [0.15, 0.2) is 5.10 Å². The summed E-state index contributed by atoms with van der Waals surface area (Å²) in [5.74, 6) is 0.768. The van der Waals surface area contributed by atoms with E-state index in [1.807, 2.05) is 6.21 Å². The molecule has 0 bridgehead atoms. The molecular formula is C8H18N2. The molecule has 0 heterocycles. The van der Waals surface area contributed by atoms with E-state index >= 15 is 0 Å². The second-order valence-corrected chi connectivity index (χ2v) is 2.81. The van der Waals surface area contributed by atoms with Crippen molar-refractivity contribution < 1.29 is 0 Å². The van der Waals surface area contributed by atoms with Gasteiger partial charge in [0.1, 0.15) is 0 Å². The first-order chi connectivity index (χ1) is 4.77. The molecule has 0 aliphatic carbocycles. The lowest BCUT2D eigenvalue weighted by Crippen LogP contribution is -2.09. The minimum Gasteiger partial charge on any atom is -0.310 e. The van der Waals surface area contributed by atoms with Crippen molar-refractivity contribution in [3.63, 3.8) is 0 Å². The van der Waals surface area contributed by atoms with Crippen LogP contribution in [0.5, 0.6) is 0 Å². The van der Waals surface area contributed by atoms with E-state index in [0.717, 1.165) is 18.9 Å². The quantitative estimate of drug-likeness (QED) is 0.354. The monoisotopic (exact) mass is 142 g/mol. The Morgan fingerprint density at radius 2 is 2.20 bits per heavy atom. The van der Waals surface area contributed by atoms with Crippen LogP contribution in [-0.2, 0) is 0 Å². The van der Waals surface area contributed by atoms with Gasteiger partial charge in [0.15, 0.2) is 0 Å². The maximum atomic E-state index is 3.99. The van der Waals surface area contributed by atoms with Gasteiger partial charge in [-0.05, 0) is 18.8 Å². The van der Waals surface area contributed by atoms with Crippen molar-refractivity contribution in [1.29, 1.82) is 0 Å². The van der Waals surface area contributed by atoms with Crippen molar-refractivity contribution >= 4 is 6.21 Å². The zero-order valence-corrected chi connectivity index (χ0v) is 7.22. The topological polar surface area (TPSA) is 24.4 Å². The van der Waals surface area contributed by atoms with Crippen LogP contribution in [0.2, 0.25) is 0 Å². The highest BCUT2D eigenvalue weighted by Gasteiger charge is 1.89. The largest absolute Gasteiger partial charge is 0.310 e. The Labute approximate surface area is 63.7 Å². The van der Waals surface area contributed by atoms with Crippen molar-refractivity contribution in [3.05, 3.63) is 0 Å². The molecule has 0 saturated heterocycles. The smallest absolute Gasteiger partial charge is 0.0331 e. The highest BCUT2D eigenvalue weighted by Crippen LogP contribution is 1.95. The summed E-state index contributed by atoms with van der Waals surface area (Å²) in [5.41, 5.74) is 2.99. The zero-order valence-electron chi connectivity index (χ0n) is 7.22. The number of nitrogens with one attached hydrogen (secondary N) is 1. The molecule has 60 valence electrons. The minimum atomic E-state index is 0.768. The predicted molar refractivity (Wildman–Crippen MR) is 46.2 cm³/mol.